The van der Waals surface area contributed by atoms with Crippen molar-refractivity contribution in [3.8, 4) is 0 Å². The fourth-order valence-corrected chi connectivity index (χ4v) is 1.59. The first-order valence-corrected chi connectivity index (χ1v) is 4.84. The minimum Gasteiger partial charge on any atom is -0.456 e. The summed E-state index contributed by atoms with van der Waals surface area (Å²) in [5, 5.41) is 3.07. The molecule has 2 aliphatic heterocycles. The Morgan fingerprint density at radius 2 is 2.21 bits per heavy atom. The summed E-state index contributed by atoms with van der Waals surface area (Å²) in [7, 11) is 1.65. The van der Waals surface area contributed by atoms with Gasteiger partial charge in [0.1, 0.15) is 12.1 Å². The quantitative estimate of drug-likeness (QED) is 0.612. The topological polar surface area (TPSA) is 56.8 Å². The van der Waals surface area contributed by atoms with Gasteiger partial charge in [0.25, 0.3) is 0 Å². The van der Waals surface area contributed by atoms with E-state index in [1.165, 1.54) is 0 Å². The molecule has 80 valence electrons. The first-order valence-electron chi connectivity index (χ1n) is 4.84. The van der Waals surface area contributed by atoms with Gasteiger partial charge in [0.2, 0.25) is 0 Å². The summed E-state index contributed by atoms with van der Waals surface area (Å²) in [5.41, 5.74) is 0. The van der Waals surface area contributed by atoms with Gasteiger partial charge in [-0.05, 0) is 0 Å². The summed E-state index contributed by atoms with van der Waals surface area (Å²) in [5.74, 6) is -0.183. The van der Waals surface area contributed by atoms with E-state index in [4.69, 9.17) is 14.2 Å². The highest BCUT2D eigenvalue weighted by molar-refractivity contribution is 5.76. The first-order chi connectivity index (χ1) is 6.79. The first kappa shape index (κ1) is 9.89. The highest BCUT2D eigenvalue weighted by atomic mass is 16.6. The van der Waals surface area contributed by atoms with Crippen molar-refractivity contribution in [3.05, 3.63) is 0 Å². The normalized spacial score (nSPS) is 32.6. The third-order valence-corrected chi connectivity index (χ3v) is 2.60. The van der Waals surface area contributed by atoms with E-state index in [9.17, 15) is 4.79 Å². The van der Waals surface area contributed by atoms with Crippen molar-refractivity contribution in [2.45, 2.75) is 24.7 Å². The van der Waals surface area contributed by atoms with Crippen LogP contribution in [-0.4, -0.2) is 51.1 Å². The molecule has 1 N–H and O–H groups in total. The van der Waals surface area contributed by atoms with Gasteiger partial charge < -0.3 is 19.5 Å². The van der Waals surface area contributed by atoms with Gasteiger partial charge in [-0.2, -0.15) is 0 Å². The lowest BCUT2D eigenvalue weighted by Gasteiger charge is -2.26. The van der Waals surface area contributed by atoms with E-state index >= 15 is 0 Å². The van der Waals surface area contributed by atoms with Crippen LogP contribution in [0, 0.1) is 0 Å². The molecular formula is C9H15NO4. The second kappa shape index (κ2) is 4.25. The van der Waals surface area contributed by atoms with E-state index in [1.807, 2.05) is 0 Å². The van der Waals surface area contributed by atoms with E-state index in [2.05, 4.69) is 5.32 Å². The molecule has 2 unspecified atom stereocenters. The molecule has 0 aromatic heterocycles. The Kier molecular flexibility index (Phi) is 3.00. The molecule has 0 amide bonds. The summed E-state index contributed by atoms with van der Waals surface area (Å²) in [6, 6.07) is -0.208. The Labute approximate surface area is 82.7 Å². The maximum atomic E-state index is 11.5. The highest BCUT2D eigenvalue weighted by Gasteiger charge is 2.33. The molecule has 2 fully saturated rings. The van der Waals surface area contributed by atoms with Crippen LogP contribution in [0.1, 0.15) is 6.42 Å². The van der Waals surface area contributed by atoms with Crippen molar-refractivity contribution in [1.29, 1.82) is 0 Å². The molecule has 14 heavy (non-hydrogen) atoms. The van der Waals surface area contributed by atoms with E-state index in [1.54, 1.807) is 7.11 Å². The van der Waals surface area contributed by atoms with Crippen molar-refractivity contribution >= 4 is 5.97 Å². The Morgan fingerprint density at radius 3 is 2.71 bits per heavy atom. The number of ether oxygens (including phenoxy) is 3. The minimum atomic E-state index is -0.208. The van der Waals surface area contributed by atoms with Crippen LogP contribution in [0.5, 0.6) is 0 Å². The number of nitrogens with one attached hydrogen (secondary N) is 1. The van der Waals surface area contributed by atoms with Crippen LogP contribution in [0.2, 0.25) is 0 Å². The van der Waals surface area contributed by atoms with Gasteiger partial charge in [-0.25, -0.2) is 0 Å². The lowest BCUT2D eigenvalue weighted by Crippen LogP contribution is -2.42. The van der Waals surface area contributed by atoms with Crippen LogP contribution in [0.25, 0.3) is 0 Å². The number of hydrogen-bond donors (Lipinski definition) is 1. The Balaban J connectivity index is 1.74. The molecule has 0 bridgehead atoms. The van der Waals surface area contributed by atoms with Crippen LogP contribution in [-0.2, 0) is 19.0 Å². The van der Waals surface area contributed by atoms with Gasteiger partial charge in [-0.3, -0.25) is 4.79 Å². The van der Waals surface area contributed by atoms with Crippen LogP contribution in [0.3, 0.4) is 0 Å². The van der Waals surface area contributed by atoms with Gasteiger partial charge in [0.15, 0.2) is 0 Å². The molecule has 2 heterocycles. The number of methoxy groups -OCH3 is 1. The predicted molar refractivity (Wildman–Crippen MR) is 47.9 cm³/mol. The minimum absolute atomic E-state index is 0.0362. The molecule has 0 aromatic carbocycles. The molecule has 0 aliphatic carbocycles. The van der Waals surface area contributed by atoms with Gasteiger partial charge >= 0.3 is 5.97 Å². The monoisotopic (exact) mass is 201 g/mol. The fraction of sp³-hybridized carbons (Fsp3) is 0.889. The van der Waals surface area contributed by atoms with Crippen LogP contribution >= 0.6 is 0 Å². The molecule has 0 saturated carbocycles. The molecule has 2 saturated heterocycles. The average Bonchev–Trinajstić information content (AvgIpc) is 2.59. The van der Waals surface area contributed by atoms with Crippen molar-refractivity contribution in [1.82, 2.24) is 5.32 Å². The van der Waals surface area contributed by atoms with Crippen molar-refractivity contribution in [2.75, 3.05) is 26.9 Å². The lowest BCUT2D eigenvalue weighted by atomic mass is 10.2. The molecule has 2 aliphatic rings. The number of carbonyl (C=O) groups is 1. The SMILES string of the molecule is COC1CNC(C(=O)OC2COC2)C1. The molecule has 2 atom stereocenters. The standard InChI is InChI=1S/C9H15NO4/c1-12-6-2-8(10-3-6)9(11)14-7-4-13-5-7/h6-8,10H,2-5H2,1H3. The average molecular weight is 201 g/mol. The number of rotatable bonds is 3. The van der Waals surface area contributed by atoms with Gasteiger partial charge in [-0.1, -0.05) is 0 Å². The van der Waals surface area contributed by atoms with E-state index in [-0.39, 0.29) is 24.2 Å². The Hall–Kier alpha value is -0.650. The maximum Gasteiger partial charge on any atom is 0.323 e. The molecule has 0 spiro atoms. The molecule has 5 heteroatoms. The third-order valence-electron chi connectivity index (χ3n) is 2.60. The molecule has 0 radical (unpaired) electrons. The molecule has 2 rings (SSSR count). The number of esters is 1. The molecule has 0 aromatic rings. The molecule has 5 nitrogen and oxygen atoms in total. The summed E-state index contributed by atoms with van der Waals surface area (Å²) in [6.07, 6.45) is 0.791. The third kappa shape index (κ3) is 2.05. The maximum absolute atomic E-state index is 11.5. The highest BCUT2D eigenvalue weighted by Crippen LogP contribution is 2.13. The van der Waals surface area contributed by atoms with E-state index in [0.29, 0.717) is 19.6 Å². The van der Waals surface area contributed by atoms with Gasteiger partial charge in [0.05, 0.1) is 19.3 Å². The Bertz CT molecular complexity index is 217. The van der Waals surface area contributed by atoms with Crippen molar-refractivity contribution in [2.24, 2.45) is 0 Å². The fourth-order valence-electron chi connectivity index (χ4n) is 1.59. The molecular weight excluding hydrogens is 186 g/mol. The largest absolute Gasteiger partial charge is 0.456 e. The summed E-state index contributed by atoms with van der Waals surface area (Å²) in [6.45, 7) is 1.79. The van der Waals surface area contributed by atoms with Crippen LogP contribution in [0.4, 0.5) is 0 Å². The summed E-state index contributed by atoms with van der Waals surface area (Å²) >= 11 is 0. The summed E-state index contributed by atoms with van der Waals surface area (Å²) in [4.78, 5) is 11.5. The number of carbonyl (C=O) groups excluding carboxylic acids is 1. The van der Waals surface area contributed by atoms with E-state index in [0.717, 1.165) is 6.54 Å². The zero-order valence-electron chi connectivity index (χ0n) is 8.19. The van der Waals surface area contributed by atoms with Crippen molar-refractivity contribution in [3.63, 3.8) is 0 Å². The summed E-state index contributed by atoms with van der Waals surface area (Å²) < 4.78 is 15.2. The number of hydrogen-bond acceptors (Lipinski definition) is 5. The lowest BCUT2D eigenvalue weighted by molar-refractivity contribution is -0.174. The van der Waals surface area contributed by atoms with E-state index < -0.39 is 0 Å². The zero-order valence-corrected chi connectivity index (χ0v) is 8.19. The smallest absolute Gasteiger partial charge is 0.323 e. The predicted octanol–water partition coefficient (Wildman–Crippen LogP) is -0.695. The van der Waals surface area contributed by atoms with Crippen LogP contribution in [0.15, 0.2) is 0 Å². The Morgan fingerprint density at radius 1 is 1.43 bits per heavy atom. The second-order valence-electron chi connectivity index (χ2n) is 3.65. The second-order valence-corrected chi connectivity index (χ2v) is 3.65. The van der Waals surface area contributed by atoms with Crippen molar-refractivity contribution < 1.29 is 19.0 Å². The van der Waals surface area contributed by atoms with Gasteiger partial charge in [-0.15, -0.1) is 0 Å². The zero-order chi connectivity index (χ0) is 9.97. The van der Waals surface area contributed by atoms with Gasteiger partial charge in [0, 0.05) is 20.1 Å². The van der Waals surface area contributed by atoms with Crippen LogP contribution < -0.4 is 5.32 Å².